The zero-order chi connectivity index (χ0) is 11.3. The van der Waals surface area contributed by atoms with Gasteiger partial charge in [0.1, 0.15) is 6.61 Å². The maximum Gasteiger partial charge on any atom is 0.159 e. The van der Waals surface area contributed by atoms with Crippen LogP contribution in [0, 0.1) is 0 Å². The standard InChI is InChI=1S/C12H17NO2/c1-9(7-12(14)8-15-2)10-3-5-11(13)6-4-10/h3-6,9H,7-8,13H2,1-2H3. The summed E-state index contributed by atoms with van der Waals surface area (Å²) in [5.41, 5.74) is 7.47. The van der Waals surface area contributed by atoms with E-state index in [4.69, 9.17) is 10.5 Å². The summed E-state index contributed by atoms with van der Waals surface area (Å²) in [6, 6.07) is 7.62. The molecule has 3 nitrogen and oxygen atoms in total. The van der Waals surface area contributed by atoms with Crippen LogP contribution in [-0.2, 0) is 9.53 Å². The van der Waals surface area contributed by atoms with Crippen molar-refractivity contribution in [3.8, 4) is 0 Å². The van der Waals surface area contributed by atoms with Gasteiger partial charge < -0.3 is 10.5 Å². The fraction of sp³-hybridized carbons (Fsp3) is 0.417. The molecule has 15 heavy (non-hydrogen) atoms. The number of methoxy groups -OCH3 is 1. The maximum atomic E-state index is 11.3. The number of ether oxygens (including phenoxy) is 1. The van der Waals surface area contributed by atoms with Crippen molar-refractivity contribution in [2.24, 2.45) is 0 Å². The van der Waals surface area contributed by atoms with Crippen LogP contribution in [0.1, 0.15) is 24.8 Å². The van der Waals surface area contributed by atoms with Crippen LogP contribution in [0.4, 0.5) is 5.69 Å². The molecule has 0 aliphatic carbocycles. The molecular formula is C12H17NO2. The number of nitrogens with two attached hydrogens (primary N) is 1. The van der Waals surface area contributed by atoms with Crippen LogP contribution < -0.4 is 5.73 Å². The average molecular weight is 207 g/mol. The highest BCUT2D eigenvalue weighted by Crippen LogP contribution is 2.20. The number of carbonyl (C=O) groups is 1. The largest absolute Gasteiger partial charge is 0.399 e. The molecule has 0 saturated carbocycles. The van der Waals surface area contributed by atoms with E-state index >= 15 is 0 Å². The van der Waals surface area contributed by atoms with Crippen molar-refractivity contribution in [3.63, 3.8) is 0 Å². The molecule has 1 aromatic carbocycles. The van der Waals surface area contributed by atoms with Gasteiger partial charge in [0.2, 0.25) is 0 Å². The fourth-order valence-corrected chi connectivity index (χ4v) is 1.50. The Morgan fingerprint density at radius 1 is 1.40 bits per heavy atom. The Morgan fingerprint density at radius 2 is 2.00 bits per heavy atom. The second-order valence-corrected chi connectivity index (χ2v) is 3.74. The van der Waals surface area contributed by atoms with Crippen molar-refractivity contribution in [2.45, 2.75) is 19.3 Å². The minimum atomic E-state index is 0.127. The van der Waals surface area contributed by atoms with Crippen molar-refractivity contribution in [3.05, 3.63) is 29.8 Å². The molecule has 0 aliphatic heterocycles. The van der Waals surface area contributed by atoms with Gasteiger partial charge in [-0.3, -0.25) is 4.79 Å². The minimum absolute atomic E-state index is 0.127. The van der Waals surface area contributed by atoms with Gasteiger partial charge in [-0.1, -0.05) is 19.1 Å². The van der Waals surface area contributed by atoms with E-state index in [-0.39, 0.29) is 18.3 Å². The Labute approximate surface area is 90.2 Å². The molecule has 0 saturated heterocycles. The molecule has 3 heteroatoms. The quantitative estimate of drug-likeness (QED) is 0.751. The van der Waals surface area contributed by atoms with Crippen molar-refractivity contribution in [2.75, 3.05) is 19.5 Å². The fourth-order valence-electron chi connectivity index (χ4n) is 1.50. The zero-order valence-corrected chi connectivity index (χ0v) is 9.19. The van der Waals surface area contributed by atoms with Gasteiger partial charge in [0.05, 0.1) is 0 Å². The molecule has 1 atom stereocenters. The highest BCUT2D eigenvalue weighted by Gasteiger charge is 2.10. The van der Waals surface area contributed by atoms with Crippen molar-refractivity contribution >= 4 is 11.5 Å². The van der Waals surface area contributed by atoms with Gasteiger partial charge in [-0.15, -0.1) is 0 Å². The number of rotatable bonds is 5. The molecule has 0 aromatic heterocycles. The summed E-state index contributed by atoms with van der Waals surface area (Å²) in [5.74, 6) is 0.343. The third-order valence-corrected chi connectivity index (χ3v) is 2.34. The summed E-state index contributed by atoms with van der Waals surface area (Å²) in [6.45, 7) is 2.22. The van der Waals surface area contributed by atoms with Crippen LogP contribution in [-0.4, -0.2) is 19.5 Å². The molecule has 82 valence electrons. The van der Waals surface area contributed by atoms with E-state index in [9.17, 15) is 4.79 Å². The summed E-state index contributed by atoms with van der Waals surface area (Å²) in [7, 11) is 1.53. The monoisotopic (exact) mass is 207 g/mol. The number of ketones is 1. The van der Waals surface area contributed by atoms with Crippen LogP contribution in [0.5, 0.6) is 0 Å². The first kappa shape index (κ1) is 11.7. The molecule has 1 unspecified atom stereocenters. The number of nitrogen functional groups attached to an aromatic ring is 1. The molecule has 1 rings (SSSR count). The Kier molecular flexibility index (Phi) is 4.31. The second-order valence-electron chi connectivity index (χ2n) is 3.74. The number of hydrogen-bond donors (Lipinski definition) is 1. The first-order valence-corrected chi connectivity index (χ1v) is 4.99. The van der Waals surface area contributed by atoms with E-state index in [0.29, 0.717) is 6.42 Å². The number of Topliss-reactive ketones (excluding diaryl/α,β-unsaturated/α-hetero) is 1. The second kappa shape index (κ2) is 5.51. The summed E-state index contributed by atoms with van der Waals surface area (Å²) in [6.07, 6.45) is 0.512. The molecule has 2 N–H and O–H groups in total. The Balaban J connectivity index is 2.57. The van der Waals surface area contributed by atoms with E-state index in [1.807, 2.05) is 31.2 Å². The predicted molar refractivity (Wildman–Crippen MR) is 60.8 cm³/mol. The lowest BCUT2D eigenvalue weighted by molar-refractivity contribution is -0.122. The van der Waals surface area contributed by atoms with E-state index < -0.39 is 0 Å². The third kappa shape index (κ3) is 3.72. The molecule has 0 fully saturated rings. The van der Waals surface area contributed by atoms with E-state index in [2.05, 4.69) is 0 Å². The van der Waals surface area contributed by atoms with Gasteiger partial charge >= 0.3 is 0 Å². The Morgan fingerprint density at radius 3 is 2.53 bits per heavy atom. The number of anilines is 1. The molecule has 1 aromatic rings. The molecule has 0 amide bonds. The highest BCUT2D eigenvalue weighted by molar-refractivity contribution is 5.80. The van der Waals surface area contributed by atoms with Crippen LogP contribution in [0.15, 0.2) is 24.3 Å². The van der Waals surface area contributed by atoms with Gasteiger partial charge in [-0.05, 0) is 23.6 Å². The lowest BCUT2D eigenvalue weighted by Gasteiger charge is -2.10. The first-order valence-electron chi connectivity index (χ1n) is 4.99. The molecule has 0 heterocycles. The summed E-state index contributed by atoms with van der Waals surface area (Å²) < 4.78 is 4.79. The number of carbonyl (C=O) groups excluding carboxylic acids is 1. The maximum absolute atomic E-state index is 11.3. The van der Waals surface area contributed by atoms with Gasteiger partial charge in [-0.2, -0.15) is 0 Å². The summed E-state index contributed by atoms with van der Waals surface area (Å²) in [5, 5.41) is 0. The Hall–Kier alpha value is -1.35. The van der Waals surface area contributed by atoms with Gasteiger partial charge in [0, 0.05) is 19.2 Å². The lowest BCUT2D eigenvalue weighted by Crippen LogP contribution is -2.10. The SMILES string of the molecule is COCC(=O)CC(C)c1ccc(N)cc1. The van der Waals surface area contributed by atoms with Crippen molar-refractivity contribution in [1.29, 1.82) is 0 Å². The Bertz CT molecular complexity index is 319. The molecule has 0 aliphatic rings. The normalized spacial score (nSPS) is 12.4. The van der Waals surface area contributed by atoms with Crippen molar-refractivity contribution < 1.29 is 9.53 Å². The number of hydrogen-bond acceptors (Lipinski definition) is 3. The van der Waals surface area contributed by atoms with Gasteiger partial charge in [-0.25, -0.2) is 0 Å². The van der Waals surface area contributed by atoms with Crippen LogP contribution in [0.2, 0.25) is 0 Å². The average Bonchev–Trinajstić information content (AvgIpc) is 2.18. The zero-order valence-electron chi connectivity index (χ0n) is 9.19. The molecule has 0 bridgehead atoms. The van der Waals surface area contributed by atoms with E-state index in [0.717, 1.165) is 11.3 Å². The first-order chi connectivity index (χ1) is 7.13. The van der Waals surface area contributed by atoms with Crippen molar-refractivity contribution in [1.82, 2.24) is 0 Å². The highest BCUT2D eigenvalue weighted by atomic mass is 16.5. The van der Waals surface area contributed by atoms with E-state index in [1.165, 1.54) is 7.11 Å². The summed E-state index contributed by atoms with van der Waals surface area (Å²) >= 11 is 0. The topological polar surface area (TPSA) is 52.3 Å². The van der Waals surface area contributed by atoms with Gasteiger partial charge in [0.15, 0.2) is 5.78 Å². The van der Waals surface area contributed by atoms with E-state index in [1.54, 1.807) is 0 Å². The third-order valence-electron chi connectivity index (χ3n) is 2.34. The number of benzene rings is 1. The minimum Gasteiger partial charge on any atom is -0.399 e. The smallest absolute Gasteiger partial charge is 0.159 e. The molecule has 0 radical (unpaired) electrons. The predicted octanol–water partition coefficient (Wildman–Crippen LogP) is 1.98. The van der Waals surface area contributed by atoms with Crippen LogP contribution >= 0.6 is 0 Å². The molecule has 0 spiro atoms. The van der Waals surface area contributed by atoms with Crippen LogP contribution in [0.25, 0.3) is 0 Å². The van der Waals surface area contributed by atoms with Gasteiger partial charge in [0.25, 0.3) is 0 Å². The summed E-state index contributed by atoms with van der Waals surface area (Å²) in [4.78, 5) is 11.3. The molecular weight excluding hydrogens is 190 g/mol. The lowest BCUT2D eigenvalue weighted by atomic mass is 9.96. The van der Waals surface area contributed by atoms with Crippen LogP contribution in [0.3, 0.4) is 0 Å².